The van der Waals surface area contributed by atoms with Crippen molar-refractivity contribution in [2.75, 3.05) is 0 Å². The quantitative estimate of drug-likeness (QED) is 0.526. The number of H-pyrrole nitrogens is 1. The number of aromatic amines is 1. The fraction of sp³-hybridized carbons (Fsp3) is 0.0526. The molecular weight excluding hydrogens is 330 g/mol. The van der Waals surface area contributed by atoms with Crippen molar-refractivity contribution in [3.05, 3.63) is 60.6 Å². The van der Waals surface area contributed by atoms with Gasteiger partial charge in [-0.3, -0.25) is 0 Å². The molecular formula is C19H13N5O2. The van der Waals surface area contributed by atoms with Crippen LogP contribution in [0.15, 0.2) is 63.8 Å². The number of aryl methyl sites for hydroxylation is 1. The van der Waals surface area contributed by atoms with E-state index in [4.69, 9.17) is 8.94 Å². The van der Waals surface area contributed by atoms with E-state index in [0.717, 1.165) is 22.2 Å². The van der Waals surface area contributed by atoms with Gasteiger partial charge in [0.05, 0.1) is 17.4 Å². The van der Waals surface area contributed by atoms with Crippen LogP contribution in [0, 0.1) is 6.92 Å². The Morgan fingerprint density at radius 1 is 0.923 bits per heavy atom. The first-order valence-electron chi connectivity index (χ1n) is 8.09. The molecule has 3 aromatic heterocycles. The summed E-state index contributed by atoms with van der Waals surface area (Å²) in [5.74, 6) is 1.39. The Kier molecular flexibility index (Phi) is 3.18. The fourth-order valence-corrected chi connectivity index (χ4v) is 2.99. The van der Waals surface area contributed by atoms with Gasteiger partial charge in [-0.25, -0.2) is 4.98 Å². The Bertz CT molecular complexity index is 1200. The van der Waals surface area contributed by atoms with Gasteiger partial charge in [0.1, 0.15) is 22.5 Å². The van der Waals surface area contributed by atoms with E-state index < -0.39 is 0 Å². The third-order valence-electron chi connectivity index (χ3n) is 4.23. The summed E-state index contributed by atoms with van der Waals surface area (Å²) in [5.41, 5.74) is 4.77. The molecule has 7 nitrogen and oxygen atoms in total. The van der Waals surface area contributed by atoms with Crippen molar-refractivity contribution < 1.29 is 8.94 Å². The second-order valence-corrected chi connectivity index (χ2v) is 5.85. The third-order valence-corrected chi connectivity index (χ3v) is 4.23. The number of hydrogen-bond donors (Lipinski definition) is 1. The van der Waals surface area contributed by atoms with Crippen LogP contribution in [-0.4, -0.2) is 25.3 Å². The first kappa shape index (κ1) is 14.6. The van der Waals surface area contributed by atoms with Crippen LogP contribution in [0.3, 0.4) is 0 Å². The summed E-state index contributed by atoms with van der Waals surface area (Å²) in [4.78, 5) is 7.41. The first-order chi connectivity index (χ1) is 12.8. The maximum atomic E-state index is 5.96. The Morgan fingerprint density at radius 2 is 1.77 bits per heavy atom. The maximum absolute atomic E-state index is 5.96. The molecule has 2 aromatic carbocycles. The Balaban J connectivity index is 1.64. The van der Waals surface area contributed by atoms with Crippen molar-refractivity contribution in [2.45, 2.75) is 6.92 Å². The number of hydrogen-bond acceptors (Lipinski definition) is 6. The molecule has 1 N–H and O–H groups in total. The summed E-state index contributed by atoms with van der Waals surface area (Å²) in [6.45, 7) is 1.83. The monoisotopic (exact) mass is 343 g/mol. The summed E-state index contributed by atoms with van der Waals surface area (Å²) in [6, 6.07) is 15.5. The molecule has 0 aliphatic heterocycles. The molecule has 0 radical (unpaired) electrons. The van der Waals surface area contributed by atoms with Crippen molar-refractivity contribution in [1.29, 1.82) is 0 Å². The van der Waals surface area contributed by atoms with Gasteiger partial charge in [-0.2, -0.15) is 0 Å². The molecule has 0 saturated heterocycles. The molecule has 0 atom stereocenters. The minimum atomic E-state index is 0.366. The normalized spacial score (nSPS) is 11.3. The molecule has 0 fully saturated rings. The topological polar surface area (TPSA) is 93.6 Å². The molecule has 0 aliphatic carbocycles. The lowest BCUT2D eigenvalue weighted by Crippen LogP contribution is -1.84. The van der Waals surface area contributed by atoms with Gasteiger partial charge in [-0.1, -0.05) is 41.6 Å². The van der Waals surface area contributed by atoms with E-state index in [1.165, 1.54) is 0 Å². The van der Waals surface area contributed by atoms with E-state index >= 15 is 0 Å². The molecule has 0 aliphatic rings. The standard InChI is InChI=1S/C19H13N5O2/c1-11-15(16(24-26-11)12-6-3-2-4-7-12)19-23-22-18(25-19)13-8-5-9-14-17(13)21-10-20-14/h2-10H,1H3,(H,20,21). The lowest BCUT2D eigenvalue weighted by Gasteiger charge is -1.98. The van der Waals surface area contributed by atoms with Crippen molar-refractivity contribution in [2.24, 2.45) is 0 Å². The van der Waals surface area contributed by atoms with E-state index in [0.29, 0.717) is 28.8 Å². The lowest BCUT2D eigenvalue weighted by atomic mass is 10.1. The molecule has 0 amide bonds. The van der Waals surface area contributed by atoms with Gasteiger partial charge in [0.25, 0.3) is 5.89 Å². The van der Waals surface area contributed by atoms with E-state index in [-0.39, 0.29) is 0 Å². The van der Waals surface area contributed by atoms with Crippen molar-refractivity contribution in [3.63, 3.8) is 0 Å². The van der Waals surface area contributed by atoms with E-state index in [1.807, 2.05) is 55.5 Å². The van der Waals surface area contributed by atoms with Crippen LogP contribution in [0.5, 0.6) is 0 Å². The van der Waals surface area contributed by atoms with Gasteiger partial charge in [-0.05, 0) is 19.1 Å². The SMILES string of the molecule is Cc1onc(-c2ccccc2)c1-c1nnc(-c2cccc3[nH]cnc23)o1. The summed E-state index contributed by atoms with van der Waals surface area (Å²) in [6.07, 6.45) is 1.64. The first-order valence-corrected chi connectivity index (χ1v) is 8.09. The van der Waals surface area contributed by atoms with Gasteiger partial charge in [0.15, 0.2) is 0 Å². The Labute approximate surface area is 147 Å². The zero-order valence-electron chi connectivity index (χ0n) is 13.8. The van der Waals surface area contributed by atoms with Crippen LogP contribution >= 0.6 is 0 Å². The molecule has 126 valence electrons. The Morgan fingerprint density at radius 3 is 2.65 bits per heavy atom. The number of aromatic nitrogens is 5. The molecule has 5 rings (SSSR count). The maximum Gasteiger partial charge on any atom is 0.254 e. The second-order valence-electron chi connectivity index (χ2n) is 5.85. The molecule has 0 spiro atoms. The predicted molar refractivity (Wildman–Crippen MR) is 95.1 cm³/mol. The van der Waals surface area contributed by atoms with Crippen molar-refractivity contribution in [3.8, 4) is 34.2 Å². The molecule has 26 heavy (non-hydrogen) atoms. The fourth-order valence-electron chi connectivity index (χ4n) is 2.99. The van der Waals surface area contributed by atoms with Crippen molar-refractivity contribution in [1.82, 2.24) is 25.3 Å². The highest BCUT2D eigenvalue weighted by Crippen LogP contribution is 2.35. The number of para-hydroxylation sites is 1. The Hall–Kier alpha value is -3.74. The third kappa shape index (κ3) is 2.21. The lowest BCUT2D eigenvalue weighted by molar-refractivity contribution is 0.399. The van der Waals surface area contributed by atoms with Gasteiger partial charge in [0, 0.05) is 5.56 Å². The smallest absolute Gasteiger partial charge is 0.254 e. The van der Waals surface area contributed by atoms with Gasteiger partial charge >= 0.3 is 0 Å². The average molecular weight is 343 g/mol. The zero-order valence-corrected chi connectivity index (χ0v) is 13.8. The molecule has 5 aromatic rings. The summed E-state index contributed by atoms with van der Waals surface area (Å²) >= 11 is 0. The molecule has 0 unspecified atom stereocenters. The number of rotatable bonds is 3. The predicted octanol–water partition coefficient (Wildman–Crippen LogP) is 4.24. The molecule has 0 bridgehead atoms. The van der Waals surface area contributed by atoms with Crippen LogP contribution < -0.4 is 0 Å². The zero-order chi connectivity index (χ0) is 17.5. The van der Waals surface area contributed by atoms with E-state index in [9.17, 15) is 0 Å². The number of nitrogens with one attached hydrogen (secondary N) is 1. The number of fused-ring (bicyclic) bond motifs is 1. The van der Waals surface area contributed by atoms with E-state index in [2.05, 4.69) is 25.3 Å². The number of benzene rings is 2. The van der Waals surface area contributed by atoms with Crippen LogP contribution in [0.4, 0.5) is 0 Å². The van der Waals surface area contributed by atoms with Crippen molar-refractivity contribution >= 4 is 11.0 Å². The van der Waals surface area contributed by atoms with Crippen LogP contribution in [-0.2, 0) is 0 Å². The molecule has 0 saturated carbocycles. The van der Waals surface area contributed by atoms with E-state index in [1.54, 1.807) is 6.33 Å². The highest BCUT2D eigenvalue weighted by atomic mass is 16.5. The minimum Gasteiger partial charge on any atom is -0.416 e. The highest BCUT2D eigenvalue weighted by Gasteiger charge is 2.23. The second kappa shape index (κ2) is 5.66. The largest absolute Gasteiger partial charge is 0.416 e. The summed E-state index contributed by atoms with van der Waals surface area (Å²) < 4.78 is 11.3. The van der Waals surface area contributed by atoms with Gasteiger partial charge < -0.3 is 13.9 Å². The van der Waals surface area contributed by atoms with Gasteiger partial charge in [0.2, 0.25) is 5.89 Å². The van der Waals surface area contributed by atoms with Crippen LogP contribution in [0.1, 0.15) is 5.76 Å². The molecule has 3 heterocycles. The number of nitrogens with zero attached hydrogens (tertiary/aromatic N) is 4. The van der Waals surface area contributed by atoms with Gasteiger partial charge in [-0.15, -0.1) is 10.2 Å². The van der Waals surface area contributed by atoms with Crippen LogP contribution in [0.25, 0.3) is 45.2 Å². The minimum absolute atomic E-state index is 0.366. The number of imidazole rings is 1. The highest BCUT2D eigenvalue weighted by molar-refractivity contribution is 5.89. The average Bonchev–Trinajstić information content (AvgIpc) is 3.41. The van der Waals surface area contributed by atoms with Crippen LogP contribution in [0.2, 0.25) is 0 Å². The summed E-state index contributed by atoms with van der Waals surface area (Å²) in [5, 5.41) is 12.6. The summed E-state index contributed by atoms with van der Waals surface area (Å²) in [7, 11) is 0. The molecule has 7 heteroatoms.